The van der Waals surface area contributed by atoms with E-state index in [2.05, 4.69) is 0 Å². The summed E-state index contributed by atoms with van der Waals surface area (Å²) in [6, 6.07) is 3.20. The minimum absolute atomic E-state index is 0.0296. The Hall–Kier alpha value is -2.30. The molecule has 0 unspecified atom stereocenters. The van der Waals surface area contributed by atoms with Crippen LogP contribution in [0.2, 0.25) is 0 Å². The van der Waals surface area contributed by atoms with Gasteiger partial charge in [0, 0.05) is 36.6 Å². The van der Waals surface area contributed by atoms with Crippen molar-refractivity contribution in [2.45, 2.75) is 52.4 Å². The highest BCUT2D eigenvalue weighted by atomic mass is 16.3. The molecule has 1 aliphatic heterocycles. The first-order valence-electron chi connectivity index (χ1n) is 9.03. The predicted octanol–water partition coefficient (Wildman–Crippen LogP) is 3.49. The summed E-state index contributed by atoms with van der Waals surface area (Å²) in [7, 11) is 0. The molecule has 25 heavy (non-hydrogen) atoms. The van der Waals surface area contributed by atoms with Crippen molar-refractivity contribution in [3.05, 3.63) is 39.2 Å². The molecule has 5 heteroatoms. The summed E-state index contributed by atoms with van der Waals surface area (Å²) < 4.78 is 6.17. The predicted molar refractivity (Wildman–Crippen MR) is 97.1 cm³/mol. The number of hydrogen-bond acceptors (Lipinski definition) is 4. The standard InChI is InChI=1S/C20H25NO4/c1-4-14-16(22)7-6-15-18(24)12(3)19(25-20(14)15)13-8-10-21(11-9-13)17(23)5-2/h6-7,13,22H,4-5,8-11H2,1-3H3. The number of likely N-dealkylation sites (tertiary alicyclic amines) is 1. The number of hydrogen-bond donors (Lipinski definition) is 1. The lowest BCUT2D eigenvalue weighted by atomic mass is 9.91. The van der Waals surface area contributed by atoms with Crippen molar-refractivity contribution in [2.75, 3.05) is 13.1 Å². The molecule has 1 aliphatic rings. The summed E-state index contributed by atoms with van der Waals surface area (Å²) in [6.45, 7) is 7.00. The van der Waals surface area contributed by atoms with E-state index in [9.17, 15) is 14.7 Å². The Morgan fingerprint density at radius 1 is 1.28 bits per heavy atom. The van der Waals surface area contributed by atoms with Gasteiger partial charge in [-0.15, -0.1) is 0 Å². The molecule has 0 atom stereocenters. The minimum atomic E-state index is -0.0296. The third-order valence-corrected chi connectivity index (χ3v) is 5.28. The zero-order chi connectivity index (χ0) is 18.1. The Morgan fingerprint density at radius 3 is 2.56 bits per heavy atom. The monoisotopic (exact) mass is 343 g/mol. The van der Waals surface area contributed by atoms with Crippen LogP contribution in [0, 0.1) is 6.92 Å². The second-order valence-corrected chi connectivity index (χ2v) is 6.72. The molecule has 1 fully saturated rings. The Morgan fingerprint density at radius 2 is 1.96 bits per heavy atom. The fraction of sp³-hybridized carbons (Fsp3) is 0.500. The third-order valence-electron chi connectivity index (χ3n) is 5.28. The number of carbonyl (C=O) groups is 1. The topological polar surface area (TPSA) is 70.8 Å². The average Bonchev–Trinajstić information content (AvgIpc) is 2.64. The number of rotatable bonds is 3. The molecular formula is C20H25NO4. The maximum Gasteiger partial charge on any atom is 0.222 e. The Bertz CT molecular complexity index is 860. The number of fused-ring (bicyclic) bond motifs is 1. The fourth-order valence-corrected chi connectivity index (χ4v) is 3.76. The van der Waals surface area contributed by atoms with Gasteiger partial charge >= 0.3 is 0 Å². The molecule has 0 radical (unpaired) electrons. The van der Waals surface area contributed by atoms with Crippen molar-refractivity contribution in [3.63, 3.8) is 0 Å². The molecule has 5 nitrogen and oxygen atoms in total. The first kappa shape index (κ1) is 17.5. The number of piperidine rings is 1. The van der Waals surface area contributed by atoms with E-state index in [0.717, 1.165) is 12.8 Å². The van der Waals surface area contributed by atoms with Crippen molar-refractivity contribution in [2.24, 2.45) is 0 Å². The molecule has 1 aromatic carbocycles. The molecule has 2 aromatic rings. The lowest BCUT2D eigenvalue weighted by Crippen LogP contribution is -2.37. The summed E-state index contributed by atoms with van der Waals surface area (Å²) >= 11 is 0. The number of phenols is 1. The molecule has 0 aliphatic carbocycles. The molecule has 1 amide bonds. The van der Waals surface area contributed by atoms with Crippen molar-refractivity contribution >= 4 is 16.9 Å². The summed E-state index contributed by atoms with van der Waals surface area (Å²) in [6.07, 6.45) is 2.70. The van der Waals surface area contributed by atoms with Gasteiger partial charge in [0.2, 0.25) is 5.91 Å². The maximum atomic E-state index is 12.8. The van der Waals surface area contributed by atoms with Crippen LogP contribution in [0.1, 0.15) is 55.9 Å². The zero-order valence-corrected chi connectivity index (χ0v) is 15.1. The maximum absolute atomic E-state index is 12.8. The van der Waals surface area contributed by atoms with Crippen LogP contribution < -0.4 is 5.43 Å². The van der Waals surface area contributed by atoms with Gasteiger partial charge in [0.1, 0.15) is 17.1 Å². The first-order chi connectivity index (χ1) is 12.0. The van der Waals surface area contributed by atoms with Crippen LogP contribution in [-0.4, -0.2) is 29.0 Å². The normalized spacial score (nSPS) is 15.7. The molecule has 1 saturated heterocycles. The van der Waals surface area contributed by atoms with Gasteiger partial charge in [-0.25, -0.2) is 0 Å². The highest BCUT2D eigenvalue weighted by Gasteiger charge is 2.27. The van der Waals surface area contributed by atoms with Crippen LogP contribution in [0.5, 0.6) is 5.75 Å². The zero-order valence-electron chi connectivity index (χ0n) is 15.1. The molecule has 134 valence electrons. The van der Waals surface area contributed by atoms with Crippen LogP contribution in [0.15, 0.2) is 21.3 Å². The van der Waals surface area contributed by atoms with E-state index in [1.54, 1.807) is 12.1 Å². The number of amides is 1. The Labute approximate surface area is 147 Å². The number of benzene rings is 1. The summed E-state index contributed by atoms with van der Waals surface area (Å²) in [5.41, 5.74) is 1.79. The van der Waals surface area contributed by atoms with Gasteiger partial charge in [0.15, 0.2) is 5.43 Å². The van der Waals surface area contributed by atoms with E-state index in [-0.39, 0.29) is 23.0 Å². The van der Waals surface area contributed by atoms with Crippen molar-refractivity contribution in [1.29, 1.82) is 0 Å². The van der Waals surface area contributed by atoms with Crippen molar-refractivity contribution in [1.82, 2.24) is 4.90 Å². The van der Waals surface area contributed by atoms with Crippen LogP contribution in [-0.2, 0) is 11.2 Å². The van der Waals surface area contributed by atoms with E-state index in [1.807, 2.05) is 25.7 Å². The minimum Gasteiger partial charge on any atom is -0.508 e. The van der Waals surface area contributed by atoms with E-state index >= 15 is 0 Å². The second-order valence-electron chi connectivity index (χ2n) is 6.72. The summed E-state index contributed by atoms with van der Waals surface area (Å²) in [5, 5.41) is 10.6. The molecule has 2 heterocycles. The largest absolute Gasteiger partial charge is 0.508 e. The van der Waals surface area contributed by atoms with Gasteiger partial charge in [-0.1, -0.05) is 13.8 Å². The van der Waals surface area contributed by atoms with Crippen molar-refractivity contribution < 1.29 is 14.3 Å². The number of carbonyl (C=O) groups excluding carboxylic acids is 1. The number of phenolic OH excluding ortho intramolecular Hbond substituents is 1. The van der Waals surface area contributed by atoms with E-state index in [1.165, 1.54) is 0 Å². The molecular weight excluding hydrogens is 318 g/mol. The molecule has 1 N–H and O–H groups in total. The molecule has 0 bridgehead atoms. The van der Waals surface area contributed by atoms with Gasteiger partial charge in [-0.3, -0.25) is 9.59 Å². The molecule has 0 saturated carbocycles. The first-order valence-corrected chi connectivity index (χ1v) is 9.03. The van der Waals surface area contributed by atoms with Crippen molar-refractivity contribution in [3.8, 4) is 5.75 Å². The van der Waals surface area contributed by atoms with Gasteiger partial charge in [-0.05, 0) is 38.3 Å². The molecule has 1 aromatic heterocycles. The lowest BCUT2D eigenvalue weighted by molar-refractivity contribution is -0.131. The van der Waals surface area contributed by atoms with Crippen LogP contribution in [0.25, 0.3) is 11.0 Å². The third kappa shape index (κ3) is 3.03. The number of aromatic hydroxyl groups is 1. The van der Waals surface area contributed by atoms with Crippen LogP contribution in [0.4, 0.5) is 0 Å². The van der Waals surface area contributed by atoms with Crippen LogP contribution in [0.3, 0.4) is 0 Å². The molecule has 0 spiro atoms. The quantitative estimate of drug-likeness (QED) is 0.926. The second kappa shape index (κ2) is 6.90. The lowest BCUT2D eigenvalue weighted by Gasteiger charge is -2.32. The smallest absolute Gasteiger partial charge is 0.222 e. The number of aryl methyl sites for hydroxylation is 1. The van der Waals surface area contributed by atoms with Gasteiger partial charge < -0.3 is 14.4 Å². The SMILES string of the molecule is CCC(=O)N1CCC(c2oc3c(CC)c(O)ccc3c(=O)c2C)CC1. The van der Waals surface area contributed by atoms with E-state index in [0.29, 0.717) is 53.8 Å². The van der Waals surface area contributed by atoms with E-state index in [4.69, 9.17) is 4.42 Å². The Kier molecular flexibility index (Phi) is 4.84. The fourth-order valence-electron chi connectivity index (χ4n) is 3.76. The summed E-state index contributed by atoms with van der Waals surface area (Å²) in [5.74, 6) is 1.18. The van der Waals surface area contributed by atoms with E-state index < -0.39 is 0 Å². The highest BCUT2D eigenvalue weighted by molar-refractivity contribution is 5.82. The van der Waals surface area contributed by atoms with Gasteiger partial charge in [0.25, 0.3) is 0 Å². The Balaban J connectivity index is 2.01. The van der Waals surface area contributed by atoms with Gasteiger partial charge in [-0.2, -0.15) is 0 Å². The summed E-state index contributed by atoms with van der Waals surface area (Å²) in [4.78, 5) is 26.5. The average molecular weight is 343 g/mol. The highest BCUT2D eigenvalue weighted by Crippen LogP contribution is 2.34. The van der Waals surface area contributed by atoms with Crippen LogP contribution >= 0.6 is 0 Å². The number of nitrogens with zero attached hydrogens (tertiary/aromatic N) is 1. The van der Waals surface area contributed by atoms with Gasteiger partial charge in [0.05, 0.1) is 5.39 Å². The molecule has 3 rings (SSSR count).